The van der Waals surface area contributed by atoms with E-state index in [0.717, 1.165) is 22.3 Å². The van der Waals surface area contributed by atoms with E-state index >= 15 is 0 Å². The molecule has 0 atom stereocenters. The molecule has 1 N–H and O–H groups in total. The Morgan fingerprint density at radius 2 is 2.07 bits per heavy atom. The zero-order valence-corrected chi connectivity index (χ0v) is 18.5. The molecule has 0 bridgehead atoms. The number of nitrogens with zero attached hydrogens (tertiary/aromatic N) is 4. The predicted molar refractivity (Wildman–Crippen MR) is 117 cm³/mol. The molecular weight excluding hydrogens is 434 g/mol. The second kappa shape index (κ2) is 10.2. The van der Waals surface area contributed by atoms with Crippen LogP contribution in [0.3, 0.4) is 0 Å². The van der Waals surface area contributed by atoms with E-state index in [1.54, 1.807) is 11.8 Å². The lowest BCUT2D eigenvalue weighted by Gasteiger charge is -2.05. The average molecular weight is 452 g/mol. The Balaban J connectivity index is 1.63. The highest BCUT2D eigenvalue weighted by Crippen LogP contribution is 2.29. The minimum Gasteiger partial charge on any atom is -0.295 e. The summed E-state index contributed by atoms with van der Waals surface area (Å²) in [7, 11) is 0. The molecule has 0 radical (unpaired) electrons. The molecule has 1 amide bonds. The van der Waals surface area contributed by atoms with Gasteiger partial charge in [-0.05, 0) is 24.5 Å². The molecule has 0 spiro atoms. The Morgan fingerprint density at radius 1 is 1.25 bits per heavy atom. The van der Waals surface area contributed by atoms with Gasteiger partial charge in [-0.1, -0.05) is 77.7 Å². The lowest BCUT2D eigenvalue weighted by molar-refractivity contribution is 0.102. The summed E-state index contributed by atoms with van der Waals surface area (Å²) in [5.74, 6) is 1.25. The van der Waals surface area contributed by atoms with Gasteiger partial charge in [0.05, 0.1) is 11.2 Å². The van der Waals surface area contributed by atoms with Gasteiger partial charge in [-0.2, -0.15) is 0 Å². The lowest BCUT2D eigenvalue weighted by Crippen LogP contribution is -2.15. The van der Waals surface area contributed by atoms with Gasteiger partial charge in [0, 0.05) is 11.5 Å². The normalized spacial score (nSPS) is 10.8. The Labute approximate surface area is 180 Å². The summed E-state index contributed by atoms with van der Waals surface area (Å²) < 4.78 is 0.784. The van der Waals surface area contributed by atoms with E-state index in [1.165, 1.54) is 40.4 Å². The number of anilines is 1. The number of amides is 1. The third-order valence-electron chi connectivity index (χ3n) is 3.61. The third-order valence-corrected chi connectivity index (χ3v) is 6.98. The summed E-state index contributed by atoms with van der Waals surface area (Å²) in [6.45, 7) is 4.15. The van der Waals surface area contributed by atoms with Crippen LogP contribution in [-0.4, -0.2) is 31.8 Å². The highest BCUT2D eigenvalue weighted by molar-refractivity contribution is 8.00. The van der Waals surface area contributed by atoms with Gasteiger partial charge in [-0.3, -0.25) is 10.1 Å². The topological polar surface area (TPSA) is 80.7 Å². The summed E-state index contributed by atoms with van der Waals surface area (Å²) in [6, 6.07) is 8.22. The maximum atomic E-state index is 12.5. The molecule has 0 unspecified atom stereocenters. The maximum absolute atomic E-state index is 12.5. The van der Waals surface area contributed by atoms with Crippen molar-refractivity contribution in [3.8, 4) is 0 Å². The molecule has 1 aromatic carbocycles. The number of hydrogen-bond donors (Lipinski definition) is 1. The molecule has 10 heteroatoms. The maximum Gasteiger partial charge on any atom is 0.277 e. The molecule has 0 aliphatic carbocycles. The SMILES string of the molecule is CCCSc1ncc(Cl)c(C(=O)Nc2nnc(SCc3ccccc3C)s2)n1. The van der Waals surface area contributed by atoms with E-state index in [2.05, 4.69) is 51.5 Å². The fourth-order valence-corrected chi connectivity index (χ4v) is 4.83. The Hall–Kier alpha value is -1.68. The second-order valence-electron chi connectivity index (χ2n) is 5.74. The van der Waals surface area contributed by atoms with Crippen LogP contribution in [0.2, 0.25) is 5.02 Å². The van der Waals surface area contributed by atoms with Crippen LogP contribution < -0.4 is 5.32 Å². The number of aromatic nitrogens is 4. The number of benzene rings is 1. The monoisotopic (exact) mass is 451 g/mol. The van der Waals surface area contributed by atoms with Crippen LogP contribution in [0.1, 0.15) is 35.0 Å². The molecule has 6 nitrogen and oxygen atoms in total. The van der Waals surface area contributed by atoms with E-state index < -0.39 is 5.91 Å². The summed E-state index contributed by atoms with van der Waals surface area (Å²) in [4.78, 5) is 20.9. The van der Waals surface area contributed by atoms with Crippen LogP contribution in [-0.2, 0) is 5.75 Å². The first-order chi connectivity index (χ1) is 13.6. The molecule has 0 saturated carbocycles. The first-order valence-corrected chi connectivity index (χ1v) is 11.7. The van der Waals surface area contributed by atoms with Crippen LogP contribution in [0.4, 0.5) is 5.13 Å². The molecule has 3 aromatic rings. The lowest BCUT2D eigenvalue weighted by atomic mass is 10.1. The molecule has 0 fully saturated rings. The fraction of sp³-hybridized carbons (Fsp3) is 0.278. The number of aryl methyl sites for hydroxylation is 1. The molecule has 0 aliphatic rings. The minimum absolute atomic E-state index is 0.139. The van der Waals surface area contributed by atoms with Gasteiger partial charge < -0.3 is 0 Å². The number of thioether (sulfide) groups is 2. The number of nitrogens with one attached hydrogen (secondary N) is 1. The van der Waals surface area contributed by atoms with Crippen molar-refractivity contribution in [2.75, 3.05) is 11.1 Å². The summed E-state index contributed by atoms with van der Waals surface area (Å²) in [6.07, 6.45) is 2.44. The number of carbonyl (C=O) groups is 1. The quantitative estimate of drug-likeness (QED) is 0.281. The standard InChI is InChI=1S/C18H18ClN5OS3/c1-3-8-26-16-20-9-13(19)14(21-16)15(25)22-17-23-24-18(28-17)27-10-12-7-5-4-6-11(12)2/h4-7,9H,3,8,10H2,1-2H3,(H,22,23,25). The Bertz CT molecular complexity index is 966. The van der Waals surface area contributed by atoms with Crippen molar-refractivity contribution in [3.05, 3.63) is 52.3 Å². The number of hydrogen-bond acceptors (Lipinski definition) is 8. The summed E-state index contributed by atoms with van der Waals surface area (Å²) in [5.41, 5.74) is 2.63. The van der Waals surface area contributed by atoms with Gasteiger partial charge in [0.1, 0.15) is 0 Å². The van der Waals surface area contributed by atoms with Crippen LogP contribution in [0.5, 0.6) is 0 Å². The summed E-state index contributed by atoms with van der Waals surface area (Å²) in [5, 5.41) is 12.0. The highest BCUT2D eigenvalue weighted by atomic mass is 35.5. The van der Waals surface area contributed by atoms with Crippen LogP contribution in [0.25, 0.3) is 0 Å². The van der Waals surface area contributed by atoms with Crippen molar-refractivity contribution < 1.29 is 4.79 Å². The molecule has 0 aliphatic heterocycles. The van der Waals surface area contributed by atoms with Gasteiger partial charge in [0.25, 0.3) is 5.91 Å². The third kappa shape index (κ3) is 5.66. The van der Waals surface area contributed by atoms with Crippen molar-refractivity contribution in [1.29, 1.82) is 0 Å². The highest BCUT2D eigenvalue weighted by Gasteiger charge is 2.17. The average Bonchev–Trinajstić information content (AvgIpc) is 3.14. The number of halogens is 1. The molecule has 146 valence electrons. The summed E-state index contributed by atoms with van der Waals surface area (Å²) >= 11 is 10.5. The smallest absolute Gasteiger partial charge is 0.277 e. The van der Waals surface area contributed by atoms with E-state index in [1.807, 2.05) is 12.1 Å². The minimum atomic E-state index is -0.419. The largest absolute Gasteiger partial charge is 0.295 e. The molecular formula is C18H18ClN5OS3. The van der Waals surface area contributed by atoms with Gasteiger partial charge >= 0.3 is 0 Å². The van der Waals surface area contributed by atoms with E-state index in [0.29, 0.717) is 10.3 Å². The Morgan fingerprint density at radius 3 is 2.86 bits per heavy atom. The second-order valence-corrected chi connectivity index (χ2v) is 9.41. The van der Waals surface area contributed by atoms with E-state index in [-0.39, 0.29) is 10.7 Å². The zero-order valence-electron chi connectivity index (χ0n) is 15.3. The van der Waals surface area contributed by atoms with E-state index in [4.69, 9.17) is 11.6 Å². The zero-order chi connectivity index (χ0) is 19.9. The van der Waals surface area contributed by atoms with Gasteiger partial charge in [-0.25, -0.2) is 9.97 Å². The molecule has 28 heavy (non-hydrogen) atoms. The van der Waals surface area contributed by atoms with Crippen LogP contribution in [0.15, 0.2) is 40.0 Å². The van der Waals surface area contributed by atoms with Gasteiger partial charge in [0.15, 0.2) is 15.2 Å². The number of rotatable bonds is 8. The van der Waals surface area contributed by atoms with Crippen molar-refractivity contribution in [3.63, 3.8) is 0 Å². The molecule has 0 saturated heterocycles. The van der Waals surface area contributed by atoms with Crippen molar-refractivity contribution in [2.45, 2.75) is 35.5 Å². The van der Waals surface area contributed by atoms with Crippen LogP contribution >= 0.6 is 46.5 Å². The molecule has 2 aromatic heterocycles. The Kier molecular flexibility index (Phi) is 7.66. The molecule has 3 rings (SSSR count). The van der Waals surface area contributed by atoms with Crippen LogP contribution in [0, 0.1) is 6.92 Å². The molecule has 2 heterocycles. The van der Waals surface area contributed by atoms with Gasteiger partial charge in [0.2, 0.25) is 5.13 Å². The van der Waals surface area contributed by atoms with Crippen molar-refractivity contribution >= 4 is 57.5 Å². The fourth-order valence-electron chi connectivity index (χ4n) is 2.16. The first kappa shape index (κ1) is 21.0. The van der Waals surface area contributed by atoms with E-state index in [9.17, 15) is 4.79 Å². The first-order valence-electron chi connectivity index (χ1n) is 8.54. The van der Waals surface area contributed by atoms with Gasteiger partial charge in [-0.15, -0.1) is 10.2 Å². The van der Waals surface area contributed by atoms with Crippen molar-refractivity contribution in [2.24, 2.45) is 0 Å². The predicted octanol–water partition coefficient (Wildman–Crippen LogP) is 5.34. The van der Waals surface area contributed by atoms with Crippen molar-refractivity contribution in [1.82, 2.24) is 20.2 Å². The number of carbonyl (C=O) groups excluding carboxylic acids is 1.